The van der Waals surface area contributed by atoms with Crippen molar-refractivity contribution >= 4 is 5.96 Å². The van der Waals surface area contributed by atoms with Crippen LogP contribution in [0.5, 0.6) is 5.75 Å². The molecule has 1 aromatic heterocycles. The predicted octanol–water partition coefficient (Wildman–Crippen LogP) is 3.74. The van der Waals surface area contributed by atoms with Gasteiger partial charge < -0.3 is 24.1 Å². The highest BCUT2D eigenvalue weighted by atomic mass is 16.5. The first-order chi connectivity index (χ1) is 14.3. The molecule has 1 fully saturated rings. The van der Waals surface area contributed by atoms with E-state index >= 15 is 0 Å². The van der Waals surface area contributed by atoms with Crippen molar-refractivity contribution in [1.29, 1.82) is 0 Å². The topological polar surface area (TPSA) is 59.2 Å². The van der Waals surface area contributed by atoms with Gasteiger partial charge in [0.1, 0.15) is 17.6 Å². The maximum atomic E-state index is 6.12. The van der Waals surface area contributed by atoms with Crippen LogP contribution in [0, 0.1) is 0 Å². The Balaban J connectivity index is 1.48. The van der Waals surface area contributed by atoms with E-state index in [-0.39, 0.29) is 6.10 Å². The molecule has 0 aliphatic carbocycles. The molecule has 6 nitrogen and oxygen atoms in total. The third-order valence-corrected chi connectivity index (χ3v) is 4.93. The van der Waals surface area contributed by atoms with E-state index in [9.17, 15) is 0 Å². The van der Waals surface area contributed by atoms with Crippen molar-refractivity contribution in [3.63, 3.8) is 0 Å². The fraction of sp³-hybridized carbons (Fsp3) is 0.522. The second-order valence-electron chi connectivity index (χ2n) is 7.13. The Hall–Kier alpha value is -2.47. The van der Waals surface area contributed by atoms with Gasteiger partial charge in [-0.25, -0.2) is 0 Å². The van der Waals surface area contributed by atoms with Crippen LogP contribution >= 0.6 is 0 Å². The van der Waals surface area contributed by atoms with Gasteiger partial charge in [0, 0.05) is 58.7 Å². The van der Waals surface area contributed by atoms with E-state index < -0.39 is 0 Å². The Bertz CT molecular complexity index is 695. The van der Waals surface area contributed by atoms with Gasteiger partial charge in [0.25, 0.3) is 0 Å². The second-order valence-corrected chi connectivity index (χ2v) is 7.13. The van der Waals surface area contributed by atoms with E-state index in [0.29, 0.717) is 0 Å². The highest BCUT2D eigenvalue weighted by molar-refractivity contribution is 5.80. The minimum atomic E-state index is 0.260. The summed E-state index contributed by atoms with van der Waals surface area (Å²) in [6, 6.07) is 14.0. The van der Waals surface area contributed by atoms with Gasteiger partial charge in [-0.1, -0.05) is 18.2 Å². The number of likely N-dealkylation sites (tertiary alicyclic amines) is 1. The number of benzene rings is 1. The zero-order valence-electron chi connectivity index (χ0n) is 17.4. The first-order valence-corrected chi connectivity index (χ1v) is 10.7. The van der Waals surface area contributed by atoms with E-state index in [2.05, 4.69) is 10.2 Å². The van der Waals surface area contributed by atoms with E-state index in [1.54, 1.807) is 6.26 Å². The van der Waals surface area contributed by atoms with E-state index in [1.165, 1.54) is 0 Å². The summed E-state index contributed by atoms with van der Waals surface area (Å²) < 4.78 is 17.0. The predicted molar refractivity (Wildman–Crippen MR) is 115 cm³/mol. The number of furan rings is 1. The molecular weight excluding hydrogens is 366 g/mol. The van der Waals surface area contributed by atoms with Gasteiger partial charge in [0.05, 0.1) is 6.26 Å². The number of ether oxygens (including phenoxy) is 2. The standard InChI is InChI=1S/C23H33N3O3/c1-2-27-18-7-14-24-23(25-15-11-20-10-6-19-28-20)26-16-12-22(13-17-26)29-21-8-4-3-5-9-21/h3-6,8-10,19,22H,2,7,11-18H2,1H3,(H,24,25). The molecule has 0 atom stereocenters. The lowest BCUT2D eigenvalue weighted by atomic mass is 10.1. The summed E-state index contributed by atoms with van der Waals surface area (Å²) in [5.41, 5.74) is 0. The fourth-order valence-electron chi connectivity index (χ4n) is 3.39. The Labute approximate surface area is 173 Å². The SMILES string of the molecule is CCOCCCN=C(NCCc1ccco1)N1CCC(Oc2ccccc2)CC1. The van der Waals surface area contributed by atoms with Crippen molar-refractivity contribution in [2.75, 3.05) is 39.4 Å². The molecule has 0 radical (unpaired) electrons. The maximum absolute atomic E-state index is 6.12. The van der Waals surface area contributed by atoms with Crippen LogP contribution in [0.2, 0.25) is 0 Å². The van der Waals surface area contributed by atoms with Crippen molar-refractivity contribution in [2.24, 2.45) is 4.99 Å². The molecule has 1 aliphatic rings. The molecule has 6 heteroatoms. The summed E-state index contributed by atoms with van der Waals surface area (Å²) in [6.45, 7) is 6.99. The largest absolute Gasteiger partial charge is 0.490 e. The molecule has 3 rings (SSSR count). The number of hydrogen-bond donors (Lipinski definition) is 1. The summed E-state index contributed by atoms with van der Waals surface area (Å²) in [7, 11) is 0. The number of nitrogens with one attached hydrogen (secondary N) is 1. The summed E-state index contributed by atoms with van der Waals surface area (Å²) in [5, 5.41) is 3.52. The molecular formula is C23H33N3O3. The number of guanidine groups is 1. The number of hydrogen-bond acceptors (Lipinski definition) is 4. The second kappa shape index (κ2) is 12.2. The average molecular weight is 400 g/mol. The minimum absolute atomic E-state index is 0.260. The van der Waals surface area contributed by atoms with Crippen molar-refractivity contribution in [2.45, 2.75) is 38.7 Å². The Morgan fingerprint density at radius 2 is 2.00 bits per heavy atom. The fourth-order valence-corrected chi connectivity index (χ4v) is 3.39. The quantitative estimate of drug-likeness (QED) is 0.375. The number of piperidine rings is 1. The molecule has 1 N–H and O–H groups in total. The summed E-state index contributed by atoms with van der Waals surface area (Å²) in [4.78, 5) is 7.17. The van der Waals surface area contributed by atoms with Crippen LogP contribution in [0.3, 0.4) is 0 Å². The monoisotopic (exact) mass is 399 g/mol. The Morgan fingerprint density at radius 3 is 2.72 bits per heavy atom. The molecule has 1 aromatic carbocycles. The summed E-state index contributed by atoms with van der Waals surface area (Å²) in [6.07, 6.45) is 5.74. The number of rotatable bonds is 10. The van der Waals surface area contributed by atoms with Gasteiger partial charge in [-0.3, -0.25) is 4.99 Å². The van der Waals surface area contributed by atoms with Crippen molar-refractivity contribution in [1.82, 2.24) is 10.2 Å². The molecule has 2 heterocycles. The van der Waals surface area contributed by atoms with Crippen molar-refractivity contribution < 1.29 is 13.9 Å². The normalized spacial score (nSPS) is 15.5. The van der Waals surface area contributed by atoms with Gasteiger partial charge in [-0.15, -0.1) is 0 Å². The van der Waals surface area contributed by atoms with E-state index in [1.807, 2.05) is 49.4 Å². The third-order valence-electron chi connectivity index (χ3n) is 4.93. The maximum Gasteiger partial charge on any atom is 0.193 e. The minimum Gasteiger partial charge on any atom is -0.490 e. The number of para-hydroxylation sites is 1. The van der Waals surface area contributed by atoms with Gasteiger partial charge >= 0.3 is 0 Å². The van der Waals surface area contributed by atoms with Crippen LogP contribution in [0.1, 0.15) is 31.9 Å². The van der Waals surface area contributed by atoms with Crippen LogP contribution < -0.4 is 10.1 Å². The van der Waals surface area contributed by atoms with Gasteiger partial charge in [-0.2, -0.15) is 0 Å². The zero-order chi connectivity index (χ0) is 20.2. The lowest BCUT2D eigenvalue weighted by Crippen LogP contribution is -2.48. The molecule has 0 unspecified atom stereocenters. The molecule has 1 saturated heterocycles. The highest BCUT2D eigenvalue weighted by Gasteiger charge is 2.22. The van der Waals surface area contributed by atoms with Crippen molar-refractivity contribution in [3.05, 3.63) is 54.5 Å². The highest BCUT2D eigenvalue weighted by Crippen LogP contribution is 2.18. The molecule has 0 saturated carbocycles. The molecule has 29 heavy (non-hydrogen) atoms. The Kier molecular flexibility index (Phi) is 8.91. The summed E-state index contributed by atoms with van der Waals surface area (Å²) >= 11 is 0. The molecule has 0 bridgehead atoms. The first-order valence-electron chi connectivity index (χ1n) is 10.7. The first kappa shape index (κ1) is 21.2. The van der Waals surface area contributed by atoms with Gasteiger partial charge in [0.15, 0.2) is 5.96 Å². The summed E-state index contributed by atoms with van der Waals surface area (Å²) in [5.74, 6) is 2.92. The van der Waals surface area contributed by atoms with Crippen LogP contribution in [-0.4, -0.2) is 56.4 Å². The Morgan fingerprint density at radius 1 is 1.17 bits per heavy atom. The van der Waals surface area contributed by atoms with Crippen LogP contribution in [0.15, 0.2) is 58.1 Å². The molecule has 1 aliphatic heterocycles. The van der Waals surface area contributed by atoms with Crippen LogP contribution in [-0.2, 0) is 11.2 Å². The lowest BCUT2D eigenvalue weighted by molar-refractivity contribution is 0.129. The van der Waals surface area contributed by atoms with Crippen LogP contribution in [0.4, 0.5) is 0 Å². The van der Waals surface area contributed by atoms with Gasteiger partial charge in [-0.05, 0) is 37.6 Å². The average Bonchev–Trinajstić information content (AvgIpc) is 3.27. The van der Waals surface area contributed by atoms with Gasteiger partial charge in [0.2, 0.25) is 0 Å². The molecule has 2 aromatic rings. The van der Waals surface area contributed by atoms with E-state index in [4.69, 9.17) is 18.9 Å². The molecule has 0 spiro atoms. The third kappa shape index (κ3) is 7.46. The number of nitrogens with zero attached hydrogens (tertiary/aromatic N) is 2. The molecule has 0 amide bonds. The number of aliphatic imine (C=N–C) groups is 1. The smallest absolute Gasteiger partial charge is 0.193 e. The van der Waals surface area contributed by atoms with E-state index in [0.717, 1.165) is 82.5 Å². The van der Waals surface area contributed by atoms with Crippen LogP contribution in [0.25, 0.3) is 0 Å². The lowest BCUT2D eigenvalue weighted by Gasteiger charge is -2.34. The zero-order valence-corrected chi connectivity index (χ0v) is 17.4. The molecule has 158 valence electrons. The van der Waals surface area contributed by atoms with Crippen molar-refractivity contribution in [3.8, 4) is 5.75 Å².